The summed E-state index contributed by atoms with van der Waals surface area (Å²) in [4.78, 5) is 11.8. The largest absolute Gasteiger partial charge is 0.494 e. The topological polar surface area (TPSA) is 26.3 Å². The van der Waals surface area contributed by atoms with Crippen LogP contribution in [0.5, 0.6) is 5.75 Å². The Hall–Kier alpha value is -1.57. The normalized spacial score (nSPS) is 17.7. The number of allylic oxidation sites excluding steroid dienone is 2. The first-order valence-corrected chi connectivity index (χ1v) is 9.19. The number of hydrogen-bond donors (Lipinski definition) is 0. The van der Waals surface area contributed by atoms with Crippen molar-refractivity contribution in [3.05, 3.63) is 35.9 Å². The van der Waals surface area contributed by atoms with E-state index in [1.807, 2.05) is 6.92 Å². The molecule has 0 spiro atoms. The van der Waals surface area contributed by atoms with Crippen LogP contribution in [0.25, 0.3) is 5.57 Å². The number of benzene rings is 1. The SMILES string of the molecule is CCCCCCOc1ccc(C2=CCC(C(=O)CC)CC2)cc1. The molecule has 0 fully saturated rings. The van der Waals surface area contributed by atoms with Crippen molar-refractivity contribution in [2.24, 2.45) is 5.92 Å². The molecule has 126 valence electrons. The van der Waals surface area contributed by atoms with Crippen LogP contribution in [0.3, 0.4) is 0 Å². The van der Waals surface area contributed by atoms with Gasteiger partial charge >= 0.3 is 0 Å². The lowest BCUT2D eigenvalue weighted by atomic mass is 9.84. The third kappa shape index (κ3) is 5.53. The number of carbonyl (C=O) groups is 1. The van der Waals surface area contributed by atoms with Gasteiger partial charge in [0.2, 0.25) is 0 Å². The van der Waals surface area contributed by atoms with Crippen molar-refractivity contribution in [1.29, 1.82) is 0 Å². The minimum Gasteiger partial charge on any atom is -0.494 e. The van der Waals surface area contributed by atoms with E-state index in [1.54, 1.807) is 0 Å². The van der Waals surface area contributed by atoms with Crippen LogP contribution in [0, 0.1) is 5.92 Å². The summed E-state index contributed by atoms with van der Waals surface area (Å²) in [6.07, 6.45) is 10.7. The average Bonchev–Trinajstić information content (AvgIpc) is 2.61. The molecule has 2 rings (SSSR count). The summed E-state index contributed by atoms with van der Waals surface area (Å²) in [6, 6.07) is 8.43. The molecule has 1 aliphatic carbocycles. The minimum absolute atomic E-state index is 0.245. The van der Waals surface area contributed by atoms with E-state index in [1.165, 1.54) is 30.4 Å². The Bertz CT molecular complexity index is 513. The van der Waals surface area contributed by atoms with E-state index in [-0.39, 0.29) is 5.92 Å². The van der Waals surface area contributed by atoms with Crippen molar-refractivity contribution < 1.29 is 9.53 Å². The molecule has 2 nitrogen and oxygen atoms in total. The highest BCUT2D eigenvalue weighted by atomic mass is 16.5. The third-order valence-corrected chi connectivity index (χ3v) is 4.71. The van der Waals surface area contributed by atoms with Crippen molar-refractivity contribution in [3.63, 3.8) is 0 Å². The summed E-state index contributed by atoms with van der Waals surface area (Å²) in [5.74, 6) is 1.61. The molecule has 0 aliphatic heterocycles. The van der Waals surface area contributed by atoms with Crippen LogP contribution in [-0.4, -0.2) is 12.4 Å². The maximum atomic E-state index is 11.8. The molecule has 1 aliphatic rings. The molecule has 2 heteroatoms. The molecule has 0 saturated carbocycles. The fourth-order valence-electron chi connectivity index (χ4n) is 3.16. The van der Waals surface area contributed by atoms with Gasteiger partial charge in [0.1, 0.15) is 11.5 Å². The van der Waals surface area contributed by atoms with Gasteiger partial charge in [-0.3, -0.25) is 4.79 Å². The van der Waals surface area contributed by atoms with E-state index in [2.05, 4.69) is 37.3 Å². The number of ketones is 1. The average molecular weight is 314 g/mol. The van der Waals surface area contributed by atoms with Gasteiger partial charge in [0.25, 0.3) is 0 Å². The summed E-state index contributed by atoms with van der Waals surface area (Å²) in [5, 5.41) is 0. The maximum absolute atomic E-state index is 11.8. The molecule has 1 atom stereocenters. The summed E-state index contributed by atoms with van der Waals surface area (Å²) >= 11 is 0. The van der Waals surface area contributed by atoms with Crippen molar-refractivity contribution >= 4 is 11.4 Å². The zero-order valence-electron chi connectivity index (χ0n) is 14.6. The summed E-state index contributed by atoms with van der Waals surface area (Å²) in [6.45, 7) is 4.99. The number of Topliss-reactive ketones (excluding diaryl/α,β-unsaturated/α-hetero) is 1. The van der Waals surface area contributed by atoms with Crippen LogP contribution in [-0.2, 0) is 4.79 Å². The van der Waals surface area contributed by atoms with Crippen molar-refractivity contribution in [3.8, 4) is 5.75 Å². The molecular weight excluding hydrogens is 284 g/mol. The van der Waals surface area contributed by atoms with Crippen molar-refractivity contribution in [1.82, 2.24) is 0 Å². The Morgan fingerprint density at radius 3 is 2.52 bits per heavy atom. The number of rotatable bonds is 9. The second-order valence-corrected chi connectivity index (χ2v) is 6.45. The molecular formula is C21H30O2. The Kier molecular flexibility index (Phi) is 7.38. The molecule has 0 radical (unpaired) electrons. The lowest BCUT2D eigenvalue weighted by Gasteiger charge is -2.20. The van der Waals surface area contributed by atoms with Gasteiger partial charge in [-0.15, -0.1) is 0 Å². The highest BCUT2D eigenvalue weighted by Crippen LogP contribution is 2.31. The number of carbonyl (C=O) groups excluding carboxylic acids is 1. The molecule has 0 aromatic heterocycles. The first-order valence-electron chi connectivity index (χ1n) is 9.19. The smallest absolute Gasteiger partial charge is 0.136 e. The Labute approximate surface area is 140 Å². The molecule has 1 aromatic rings. The molecule has 0 heterocycles. The number of ether oxygens (including phenoxy) is 1. The van der Waals surface area contributed by atoms with E-state index in [9.17, 15) is 4.79 Å². The van der Waals surface area contributed by atoms with E-state index in [4.69, 9.17) is 4.74 Å². The van der Waals surface area contributed by atoms with Gasteiger partial charge in [-0.05, 0) is 49.0 Å². The summed E-state index contributed by atoms with van der Waals surface area (Å²) in [5.41, 5.74) is 2.64. The van der Waals surface area contributed by atoms with Gasteiger partial charge < -0.3 is 4.74 Å². The van der Waals surface area contributed by atoms with Crippen LogP contribution in [0.2, 0.25) is 0 Å². The van der Waals surface area contributed by atoms with Gasteiger partial charge in [0, 0.05) is 12.3 Å². The van der Waals surface area contributed by atoms with Crippen LogP contribution < -0.4 is 4.74 Å². The van der Waals surface area contributed by atoms with Crippen LogP contribution in [0.4, 0.5) is 0 Å². The third-order valence-electron chi connectivity index (χ3n) is 4.71. The van der Waals surface area contributed by atoms with Gasteiger partial charge in [-0.1, -0.05) is 51.3 Å². The quantitative estimate of drug-likeness (QED) is 0.538. The zero-order valence-corrected chi connectivity index (χ0v) is 14.6. The molecule has 1 aromatic carbocycles. The summed E-state index contributed by atoms with van der Waals surface area (Å²) in [7, 11) is 0. The first-order chi connectivity index (χ1) is 11.2. The number of unbranched alkanes of at least 4 members (excludes halogenated alkanes) is 3. The molecule has 1 unspecified atom stereocenters. The van der Waals surface area contributed by atoms with Gasteiger partial charge in [0.15, 0.2) is 0 Å². The standard InChI is InChI=1S/C21H30O2/c1-3-5-6-7-16-23-20-14-12-18(13-15-20)17-8-10-19(11-9-17)21(22)4-2/h8,12-15,19H,3-7,9-11,16H2,1-2H3. The Morgan fingerprint density at radius 1 is 1.13 bits per heavy atom. The van der Waals surface area contributed by atoms with Crippen molar-refractivity contribution in [2.45, 2.75) is 65.2 Å². The first kappa shape index (κ1) is 17.8. The lowest BCUT2D eigenvalue weighted by molar-refractivity contribution is -0.122. The fourth-order valence-corrected chi connectivity index (χ4v) is 3.16. The van der Waals surface area contributed by atoms with E-state index < -0.39 is 0 Å². The van der Waals surface area contributed by atoms with Gasteiger partial charge in [-0.2, -0.15) is 0 Å². The number of hydrogen-bond acceptors (Lipinski definition) is 2. The van der Waals surface area contributed by atoms with Crippen molar-refractivity contribution in [2.75, 3.05) is 6.61 Å². The molecule has 0 N–H and O–H groups in total. The molecule has 0 saturated heterocycles. The monoisotopic (exact) mass is 314 g/mol. The maximum Gasteiger partial charge on any atom is 0.136 e. The second-order valence-electron chi connectivity index (χ2n) is 6.45. The zero-order chi connectivity index (χ0) is 16.5. The lowest BCUT2D eigenvalue weighted by Crippen LogP contribution is -2.15. The van der Waals surface area contributed by atoms with E-state index in [0.717, 1.165) is 38.0 Å². The second kappa shape index (κ2) is 9.54. The predicted molar refractivity (Wildman–Crippen MR) is 96.7 cm³/mol. The van der Waals surface area contributed by atoms with Crippen LogP contribution in [0.1, 0.15) is 70.8 Å². The highest BCUT2D eigenvalue weighted by molar-refractivity contribution is 5.82. The molecule has 23 heavy (non-hydrogen) atoms. The molecule has 0 amide bonds. The van der Waals surface area contributed by atoms with E-state index >= 15 is 0 Å². The Balaban J connectivity index is 1.83. The highest BCUT2D eigenvalue weighted by Gasteiger charge is 2.20. The Morgan fingerprint density at radius 2 is 1.91 bits per heavy atom. The van der Waals surface area contributed by atoms with Gasteiger partial charge in [0.05, 0.1) is 6.61 Å². The van der Waals surface area contributed by atoms with Crippen LogP contribution >= 0.6 is 0 Å². The van der Waals surface area contributed by atoms with E-state index in [0.29, 0.717) is 12.2 Å². The minimum atomic E-state index is 0.245. The predicted octanol–water partition coefficient (Wildman–Crippen LogP) is 5.81. The van der Waals surface area contributed by atoms with Crippen LogP contribution in [0.15, 0.2) is 30.3 Å². The summed E-state index contributed by atoms with van der Waals surface area (Å²) < 4.78 is 5.79. The molecule has 0 bridgehead atoms. The van der Waals surface area contributed by atoms with Gasteiger partial charge in [-0.25, -0.2) is 0 Å². The fraction of sp³-hybridized carbons (Fsp3) is 0.571.